The van der Waals surface area contributed by atoms with Gasteiger partial charge in [-0.15, -0.1) is 0 Å². The smallest absolute Gasteiger partial charge is 0.341 e. The van der Waals surface area contributed by atoms with Crippen molar-refractivity contribution in [3.63, 3.8) is 0 Å². The molecule has 0 aliphatic heterocycles. The third-order valence-corrected chi connectivity index (χ3v) is 0.950. The van der Waals surface area contributed by atoms with E-state index in [1.54, 1.807) is 6.92 Å². The molecule has 11 heavy (non-hydrogen) atoms. The topological polar surface area (TPSA) is 72.6 Å². The lowest BCUT2D eigenvalue weighted by molar-refractivity contribution is -0.139. The molecule has 0 unspecified atom stereocenters. The highest BCUT2D eigenvalue weighted by atomic mass is 16.5. The van der Waals surface area contributed by atoms with E-state index in [0.717, 1.165) is 0 Å². The Morgan fingerprint density at radius 3 is 3.09 bits per heavy atom. The van der Waals surface area contributed by atoms with Crippen LogP contribution in [-0.2, 0) is 4.79 Å². The molecule has 0 aromatic carbocycles. The number of aryl methyl sites for hydroxylation is 1. The van der Waals surface area contributed by atoms with Crippen LogP contribution in [0.2, 0.25) is 0 Å². The number of rotatable bonds is 3. The first-order valence-electron chi connectivity index (χ1n) is 2.96. The van der Waals surface area contributed by atoms with Gasteiger partial charge in [0.05, 0.1) is 0 Å². The van der Waals surface area contributed by atoms with Crippen molar-refractivity contribution in [1.82, 2.24) is 5.16 Å². The van der Waals surface area contributed by atoms with Gasteiger partial charge in [0.1, 0.15) is 5.76 Å². The van der Waals surface area contributed by atoms with Crippen molar-refractivity contribution >= 4 is 5.97 Å². The van der Waals surface area contributed by atoms with E-state index >= 15 is 0 Å². The van der Waals surface area contributed by atoms with Crippen molar-refractivity contribution in [3.8, 4) is 5.88 Å². The van der Waals surface area contributed by atoms with E-state index in [1.807, 2.05) is 0 Å². The Morgan fingerprint density at radius 2 is 2.64 bits per heavy atom. The van der Waals surface area contributed by atoms with Crippen LogP contribution in [0.3, 0.4) is 0 Å². The van der Waals surface area contributed by atoms with E-state index in [9.17, 15) is 4.79 Å². The summed E-state index contributed by atoms with van der Waals surface area (Å²) < 4.78 is 9.31. The third kappa shape index (κ3) is 2.29. The first-order valence-corrected chi connectivity index (χ1v) is 2.96. The summed E-state index contributed by atoms with van der Waals surface area (Å²) in [6.45, 7) is 1.30. The molecule has 1 aromatic heterocycles. The predicted octanol–water partition coefficient (Wildman–Crippen LogP) is 0.446. The quantitative estimate of drug-likeness (QED) is 0.689. The van der Waals surface area contributed by atoms with Crippen molar-refractivity contribution in [2.45, 2.75) is 6.92 Å². The number of nitrogens with zero attached hydrogens (tertiary/aromatic N) is 1. The number of ether oxygens (including phenoxy) is 1. The zero-order valence-corrected chi connectivity index (χ0v) is 5.90. The molecular formula is C6H7NO4. The normalized spacial score (nSPS) is 9.55. The molecule has 0 fully saturated rings. The van der Waals surface area contributed by atoms with Gasteiger partial charge in [-0.3, -0.25) is 0 Å². The second-order valence-electron chi connectivity index (χ2n) is 1.96. The van der Waals surface area contributed by atoms with Gasteiger partial charge in [-0.05, 0) is 12.1 Å². The Kier molecular flexibility index (Phi) is 2.10. The number of carbonyl (C=O) groups is 1. The van der Waals surface area contributed by atoms with Crippen LogP contribution in [-0.4, -0.2) is 22.8 Å². The fourth-order valence-corrected chi connectivity index (χ4v) is 0.547. The highest BCUT2D eigenvalue weighted by Crippen LogP contribution is 2.08. The van der Waals surface area contributed by atoms with Gasteiger partial charge in [-0.1, -0.05) is 0 Å². The fraction of sp³-hybridized carbons (Fsp3) is 0.333. The summed E-state index contributed by atoms with van der Waals surface area (Å²) >= 11 is 0. The van der Waals surface area contributed by atoms with E-state index in [2.05, 4.69) is 14.4 Å². The van der Waals surface area contributed by atoms with Gasteiger partial charge >= 0.3 is 5.97 Å². The lowest BCUT2D eigenvalue weighted by Gasteiger charge is -1.93. The molecule has 0 saturated carbocycles. The second-order valence-corrected chi connectivity index (χ2v) is 1.96. The molecule has 60 valence electrons. The number of carboxylic acids is 1. The second kappa shape index (κ2) is 3.05. The van der Waals surface area contributed by atoms with Crippen LogP contribution in [0.4, 0.5) is 0 Å². The Balaban J connectivity index is 2.45. The maximum atomic E-state index is 10.00. The summed E-state index contributed by atoms with van der Waals surface area (Å²) in [4.78, 5) is 10.00. The molecular weight excluding hydrogens is 150 g/mol. The van der Waals surface area contributed by atoms with Gasteiger partial charge in [0.2, 0.25) is 0 Å². The van der Waals surface area contributed by atoms with Gasteiger partial charge in [0.15, 0.2) is 6.61 Å². The lowest BCUT2D eigenvalue weighted by Crippen LogP contribution is -2.09. The van der Waals surface area contributed by atoms with Crippen molar-refractivity contribution in [2.75, 3.05) is 6.61 Å². The van der Waals surface area contributed by atoms with E-state index in [0.29, 0.717) is 5.76 Å². The molecule has 0 bridgehead atoms. The number of aliphatic carboxylic acids is 1. The van der Waals surface area contributed by atoms with E-state index in [-0.39, 0.29) is 5.88 Å². The molecule has 1 heterocycles. The van der Waals surface area contributed by atoms with E-state index < -0.39 is 12.6 Å². The predicted molar refractivity (Wildman–Crippen MR) is 34.4 cm³/mol. The van der Waals surface area contributed by atoms with E-state index in [1.165, 1.54) is 6.07 Å². The van der Waals surface area contributed by atoms with Gasteiger partial charge in [-0.25, -0.2) is 4.79 Å². The minimum atomic E-state index is -1.04. The molecule has 0 atom stereocenters. The maximum absolute atomic E-state index is 10.00. The van der Waals surface area contributed by atoms with Gasteiger partial charge < -0.3 is 14.4 Å². The van der Waals surface area contributed by atoms with Gasteiger partial charge in [0, 0.05) is 6.07 Å². The van der Waals surface area contributed by atoms with Gasteiger partial charge in [0.25, 0.3) is 5.88 Å². The maximum Gasteiger partial charge on any atom is 0.341 e. The number of aromatic nitrogens is 1. The minimum absolute atomic E-state index is 0.199. The van der Waals surface area contributed by atoms with Crippen LogP contribution in [0.1, 0.15) is 5.76 Å². The van der Waals surface area contributed by atoms with Crippen LogP contribution in [0.5, 0.6) is 5.88 Å². The minimum Gasteiger partial charge on any atom is -0.479 e. The molecule has 0 radical (unpaired) electrons. The first-order chi connectivity index (χ1) is 5.18. The Labute approximate surface area is 62.6 Å². The van der Waals surface area contributed by atoms with Crippen molar-refractivity contribution in [3.05, 3.63) is 11.8 Å². The Morgan fingerprint density at radius 1 is 1.91 bits per heavy atom. The van der Waals surface area contributed by atoms with Crippen molar-refractivity contribution < 1.29 is 19.2 Å². The van der Waals surface area contributed by atoms with Gasteiger partial charge in [-0.2, -0.15) is 0 Å². The summed E-state index contributed by atoms with van der Waals surface area (Å²) in [7, 11) is 0. The molecule has 5 nitrogen and oxygen atoms in total. The highest BCUT2D eigenvalue weighted by molar-refractivity contribution is 5.68. The average molecular weight is 157 g/mol. The summed E-state index contributed by atoms with van der Waals surface area (Å²) in [6.07, 6.45) is 0. The van der Waals surface area contributed by atoms with Crippen molar-refractivity contribution in [2.24, 2.45) is 0 Å². The number of hydrogen-bond donors (Lipinski definition) is 1. The first kappa shape index (κ1) is 7.59. The molecule has 0 spiro atoms. The molecule has 1 N–H and O–H groups in total. The molecule has 5 heteroatoms. The summed E-state index contributed by atoms with van der Waals surface area (Å²) in [5.74, 6) is -0.249. The fourth-order valence-electron chi connectivity index (χ4n) is 0.547. The molecule has 0 saturated heterocycles. The largest absolute Gasteiger partial charge is 0.479 e. The number of hydrogen-bond acceptors (Lipinski definition) is 4. The molecule has 1 aromatic rings. The standard InChI is InChI=1S/C6H7NO4/c1-4-2-5(7-11-4)10-3-6(8)9/h2H,3H2,1H3,(H,8,9). The third-order valence-electron chi connectivity index (χ3n) is 0.950. The van der Waals surface area contributed by atoms with Crippen LogP contribution >= 0.6 is 0 Å². The SMILES string of the molecule is Cc1cc(OCC(=O)O)no1. The van der Waals surface area contributed by atoms with E-state index in [4.69, 9.17) is 5.11 Å². The average Bonchev–Trinajstić information content (AvgIpc) is 2.31. The molecule has 0 aliphatic carbocycles. The zero-order chi connectivity index (χ0) is 8.27. The monoisotopic (exact) mass is 157 g/mol. The van der Waals surface area contributed by atoms with Crippen LogP contribution in [0.15, 0.2) is 10.6 Å². The van der Waals surface area contributed by atoms with Crippen LogP contribution in [0.25, 0.3) is 0 Å². The molecule has 1 rings (SSSR count). The Hall–Kier alpha value is -1.52. The Bertz CT molecular complexity index is 255. The summed E-state index contributed by atoms with van der Waals surface area (Å²) in [5, 5.41) is 11.6. The summed E-state index contributed by atoms with van der Waals surface area (Å²) in [6, 6.07) is 1.52. The van der Waals surface area contributed by atoms with Crippen LogP contribution in [0, 0.1) is 6.92 Å². The zero-order valence-electron chi connectivity index (χ0n) is 5.90. The summed E-state index contributed by atoms with van der Waals surface area (Å²) in [5.41, 5.74) is 0. The molecule has 0 amide bonds. The molecule has 0 aliphatic rings. The highest BCUT2D eigenvalue weighted by Gasteiger charge is 2.02. The lowest BCUT2D eigenvalue weighted by atomic mass is 10.5. The van der Waals surface area contributed by atoms with Crippen molar-refractivity contribution in [1.29, 1.82) is 0 Å². The van der Waals surface area contributed by atoms with Crippen LogP contribution < -0.4 is 4.74 Å². The number of carboxylic acid groups (broad SMARTS) is 1.